The molecule has 2 aromatic rings. The molecule has 1 aromatic carbocycles. The average Bonchev–Trinajstić information content (AvgIpc) is 2.97. The molecule has 6 heteroatoms. The van der Waals surface area contributed by atoms with E-state index >= 15 is 0 Å². The molecule has 0 aliphatic carbocycles. The Balaban J connectivity index is 1.63. The molecular formula is C19H26N4O2. The van der Waals surface area contributed by atoms with Crippen LogP contribution < -0.4 is 5.32 Å². The number of carbonyl (C=O) groups is 1. The Kier molecular flexibility index (Phi) is 5.38. The zero-order valence-electron chi connectivity index (χ0n) is 14.9. The molecule has 0 unspecified atom stereocenters. The Morgan fingerprint density at radius 1 is 1.36 bits per heavy atom. The molecule has 0 spiro atoms. The second-order valence-electron chi connectivity index (χ2n) is 6.77. The van der Waals surface area contributed by atoms with Gasteiger partial charge in [0.2, 0.25) is 0 Å². The van der Waals surface area contributed by atoms with E-state index in [-0.39, 0.29) is 12.5 Å². The van der Waals surface area contributed by atoms with Crippen LogP contribution in [0.4, 0.5) is 5.69 Å². The number of hydrogen-bond acceptors (Lipinski definition) is 4. The smallest absolute Gasteiger partial charge is 0.253 e. The summed E-state index contributed by atoms with van der Waals surface area (Å²) in [6, 6.07) is 7.65. The van der Waals surface area contributed by atoms with E-state index in [1.54, 1.807) is 0 Å². The van der Waals surface area contributed by atoms with Crippen molar-refractivity contribution in [3.05, 3.63) is 47.3 Å². The fraction of sp³-hybridized carbons (Fsp3) is 0.474. The van der Waals surface area contributed by atoms with Gasteiger partial charge in [-0.1, -0.05) is 6.07 Å². The van der Waals surface area contributed by atoms with Gasteiger partial charge in [-0.15, -0.1) is 0 Å². The lowest BCUT2D eigenvalue weighted by atomic mass is 9.97. The molecule has 1 aliphatic rings. The van der Waals surface area contributed by atoms with Gasteiger partial charge in [-0.3, -0.25) is 9.48 Å². The summed E-state index contributed by atoms with van der Waals surface area (Å²) in [6.45, 7) is 4.33. The third kappa shape index (κ3) is 4.20. The van der Waals surface area contributed by atoms with Crippen LogP contribution in [-0.4, -0.2) is 45.4 Å². The molecule has 1 fully saturated rings. The standard InChI is InChI=1S/C19H26N4O2/c1-14-17(12-22(2)21-14)11-20-18-5-3-4-16(10-18)19(25)23-8-6-15(13-24)7-9-23/h3-5,10,12,15,20,24H,6-9,11,13H2,1-2H3. The Morgan fingerprint density at radius 2 is 2.12 bits per heavy atom. The van der Waals surface area contributed by atoms with Crippen LogP contribution in [0.25, 0.3) is 0 Å². The van der Waals surface area contributed by atoms with Crippen molar-refractivity contribution in [1.82, 2.24) is 14.7 Å². The minimum absolute atomic E-state index is 0.0672. The third-order valence-electron chi connectivity index (χ3n) is 4.87. The van der Waals surface area contributed by atoms with Crippen molar-refractivity contribution in [3.8, 4) is 0 Å². The van der Waals surface area contributed by atoms with Gasteiger partial charge in [0, 0.05) is 56.3 Å². The molecule has 134 valence electrons. The summed E-state index contributed by atoms with van der Waals surface area (Å²) < 4.78 is 1.81. The van der Waals surface area contributed by atoms with Crippen molar-refractivity contribution in [2.45, 2.75) is 26.3 Å². The minimum atomic E-state index is 0.0672. The highest BCUT2D eigenvalue weighted by Gasteiger charge is 2.23. The maximum atomic E-state index is 12.7. The average molecular weight is 342 g/mol. The van der Waals surface area contributed by atoms with Crippen LogP contribution in [0.15, 0.2) is 30.5 Å². The first-order valence-electron chi connectivity index (χ1n) is 8.80. The predicted molar refractivity (Wildman–Crippen MR) is 97.4 cm³/mol. The Hall–Kier alpha value is -2.34. The topological polar surface area (TPSA) is 70.4 Å². The van der Waals surface area contributed by atoms with Gasteiger partial charge in [-0.2, -0.15) is 5.10 Å². The number of piperidine rings is 1. The van der Waals surface area contributed by atoms with Gasteiger partial charge in [-0.25, -0.2) is 0 Å². The number of aromatic nitrogens is 2. The van der Waals surface area contributed by atoms with Crippen LogP contribution in [0, 0.1) is 12.8 Å². The van der Waals surface area contributed by atoms with Crippen LogP contribution in [0.3, 0.4) is 0 Å². The summed E-state index contributed by atoms with van der Waals surface area (Å²) in [5.74, 6) is 0.400. The third-order valence-corrected chi connectivity index (χ3v) is 4.87. The lowest BCUT2D eigenvalue weighted by molar-refractivity contribution is 0.0651. The number of aliphatic hydroxyl groups is 1. The summed E-state index contributed by atoms with van der Waals surface area (Å²) >= 11 is 0. The highest BCUT2D eigenvalue weighted by Crippen LogP contribution is 2.20. The van der Waals surface area contributed by atoms with Crippen molar-refractivity contribution in [1.29, 1.82) is 0 Å². The second kappa shape index (κ2) is 7.70. The van der Waals surface area contributed by atoms with Crippen LogP contribution >= 0.6 is 0 Å². The summed E-state index contributed by atoms with van der Waals surface area (Å²) in [5.41, 5.74) is 3.79. The number of aliphatic hydroxyl groups excluding tert-OH is 1. The summed E-state index contributed by atoms with van der Waals surface area (Å²) in [6.07, 6.45) is 3.75. The van der Waals surface area contributed by atoms with Gasteiger partial charge in [0.05, 0.1) is 5.69 Å². The van der Waals surface area contributed by atoms with Crippen LogP contribution in [-0.2, 0) is 13.6 Å². The number of aryl methyl sites for hydroxylation is 2. The molecule has 2 heterocycles. The van der Waals surface area contributed by atoms with E-state index in [2.05, 4.69) is 10.4 Å². The molecule has 2 N–H and O–H groups in total. The first kappa shape index (κ1) is 17.5. The molecule has 0 bridgehead atoms. The minimum Gasteiger partial charge on any atom is -0.396 e. The predicted octanol–water partition coefficient (Wildman–Crippen LogP) is 2.19. The van der Waals surface area contributed by atoms with E-state index < -0.39 is 0 Å². The molecule has 0 radical (unpaired) electrons. The monoisotopic (exact) mass is 342 g/mol. The molecule has 1 saturated heterocycles. The molecule has 1 aliphatic heterocycles. The van der Waals surface area contributed by atoms with E-state index in [1.165, 1.54) is 0 Å². The SMILES string of the molecule is Cc1nn(C)cc1CNc1cccc(C(=O)N2CCC(CO)CC2)c1. The Bertz CT molecular complexity index is 733. The van der Waals surface area contributed by atoms with Gasteiger partial charge in [0.25, 0.3) is 5.91 Å². The van der Waals surface area contributed by atoms with Crippen molar-refractivity contribution in [2.75, 3.05) is 25.0 Å². The van der Waals surface area contributed by atoms with E-state index in [9.17, 15) is 9.90 Å². The lowest BCUT2D eigenvalue weighted by Gasteiger charge is -2.31. The van der Waals surface area contributed by atoms with Crippen molar-refractivity contribution < 1.29 is 9.90 Å². The van der Waals surface area contributed by atoms with E-state index in [0.29, 0.717) is 18.0 Å². The maximum absolute atomic E-state index is 12.7. The summed E-state index contributed by atoms with van der Waals surface area (Å²) in [4.78, 5) is 14.6. The number of carbonyl (C=O) groups excluding carboxylic acids is 1. The second-order valence-corrected chi connectivity index (χ2v) is 6.77. The van der Waals surface area contributed by atoms with Crippen LogP contribution in [0.5, 0.6) is 0 Å². The number of nitrogens with one attached hydrogen (secondary N) is 1. The van der Waals surface area contributed by atoms with Crippen molar-refractivity contribution in [2.24, 2.45) is 13.0 Å². The van der Waals surface area contributed by atoms with Gasteiger partial charge >= 0.3 is 0 Å². The Morgan fingerprint density at radius 3 is 2.76 bits per heavy atom. The molecule has 6 nitrogen and oxygen atoms in total. The van der Waals surface area contributed by atoms with E-state index in [1.807, 2.05) is 54.0 Å². The van der Waals surface area contributed by atoms with Crippen molar-refractivity contribution >= 4 is 11.6 Å². The zero-order chi connectivity index (χ0) is 17.8. The summed E-state index contributed by atoms with van der Waals surface area (Å²) in [7, 11) is 1.91. The quantitative estimate of drug-likeness (QED) is 0.874. The van der Waals surface area contributed by atoms with Crippen molar-refractivity contribution in [3.63, 3.8) is 0 Å². The molecule has 1 aromatic heterocycles. The molecule has 3 rings (SSSR count). The first-order valence-corrected chi connectivity index (χ1v) is 8.80. The molecule has 0 atom stereocenters. The van der Waals surface area contributed by atoms with Crippen LogP contribution in [0.1, 0.15) is 34.5 Å². The fourth-order valence-corrected chi connectivity index (χ4v) is 3.28. The maximum Gasteiger partial charge on any atom is 0.253 e. The molecule has 1 amide bonds. The lowest BCUT2D eigenvalue weighted by Crippen LogP contribution is -2.39. The first-order chi connectivity index (χ1) is 12.1. The number of benzene rings is 1. The number of nitrogens with zero attached hydrogens (tertiary/aromatic N) is 3. The van der Waals surface area contributed by atoms with Gasteiger partial charge in [0.1, 0.15) is 0 Å². The fourth-order valence-electron chi connectivity index (χ4n) is 3.28. The summed E-state index contributed by atoms with van der Waals surface area (Å²) in [5, 5.41) is 16.9. The van der Waals surface area contributed by atoms with Gasteiger partial charge in [0.15, 0.2) is 0 Å². The number of hydrogen-bond donors (Lipinski definition) is 2. The largest absolute Gasteiger partial charge is 0.396 e. The van der Waals surface area contributed by atoms with Gasteiger partial charge < -0.3 is 15.3 Å². The number of amides is 1. The van der Waals surface area contributed by atoms with E-state index in [4.69, 9.17) is 0 Å². The van der Waals surface area contributed by atoms with Crippen LogP contribution in [0.2, 0.25) is 0 Å². The highest BCUT2D eigenvalue weighted by atomic mass is 16.3. The van der Waals surface area contributed by atoms with E-state index in [0.717, 1.165) is 42.9 Å². The molecule has 25 heavy (non-hydrogen) atoms. The Labute approximate surface area is 148 Å². The zero-order valence-corrected chi connectivity index (χ0v) is 14.9. The normalized spacial score (nSPS) is 15.4. The highest BCUT2D eigenvalue weighted by molar-refractivity contribution is 5.95. The molecular weight excluding hydrogens is 316 g/mol. The molecule has 0 saturated carbocycles. The number of rotatable bonds is 5. The number of anilines is 1. The number of likely N-dealkylation sites (tertiary alicyclic amines) is 1. The van der Waals surface area contributed by atoms with Gasteiger partial charge in [-0.05, 0) is 43.9 Å².